The molecule has 1 aromatic rings. The normalized spacial score (nSPS) is 11.7. The summed E-state index contributed by atoms with van der Waals surface area (Å²) in [5, 5.41) is 0. The SMILES string of the molecule is CCN(CC)C(=O)CN(CC)S(=O)(=O)c1ccc(F)cc1. The minimum absolute atomic E-state index is 0.0157. The fraction of sp³-hybridized carbons (Fsp3) is 0.500. The van der Waals surface area contributed by atoms with Gasteiger partial charge in [-0.25, -0.2) is 12.8 Å². The van der Waals surface area contributed by atoms with Crippen LogP contribution in [0.15, 0.2) is 29.2 Å². The summed E-state index contributed by atoms with van der Waals surface area (Å²) in [5.41, 5.74) is 0. The van der Waals surface area contributed by atoms with Gasteiger partial charge < -0.3 is 4.90 Å². The third-order valence-electron chi connectivity index (χ3n) is 3.23. The molecule has 0 heterocycles. The quantitative estimate of drug-likeness (QED) is 0.769. The number of hydrogen-bond donors (Lipinski definition) is 0. The highest BCUT2D eigenvalue weighted by Gasteiger charge is 2.26. The number of sulfonamides is 1. The second-order valence-electron chi connectivity index (χ2n) is 4.45. The average molecular weight is 316 g/mol. The van der Waals surface area contributed by atoms with E-state index in [9.17, 15) is 17.6 Å². The molecule has 0 saturated heterocycles. The van der Waals surface area contributed by atoms with Gasteiger partial charge in [-0.2, -0.15) is 4.31 Å². The van der Waals surface area contributed by atoms with Crippen LogP contribution in [-0.4, -0.2) is 49.7 Å². The molecular formula is C14H21FN2O3S. The molecule has 0 aliphatic heterocycles. The van der Waals surface area contributed by atoms with Gasteiger partial charge in [0.1, 0.15) is 5.82 Å². The molecule has 5 nitrogen and oxygen atoms in total. The molecule has 0 aliphatic rings. The number of rotatable bonds is 7. The van der Waals surface area contributed by atoms with Crippen LogP contribution in [0.1, 0.15) is 20.8 Å². The minimum Gasteiger partial charge on any atom is -0.342 e. The lowest BCUT2D eigenvalue weighted by Crippen LogP contribution is -2.42. The first-order valence-corrected chi connectivity index (χ1v) is 8.34. The Morgan fingerprint density at radius 1 is 1.05 bits per heavy atom. The zero-order valence-corrected chi connectivity index (χ0v) is 13.4. The maximum absolute atomic E-state index is 12.9. The van der Waals surface area contributed by atoms with Crippen molar-refractivity contribution in [3.05, 3.63) is 30.1 Å². The Kier molecular flexibility index (Phi) is 6.29. The predicted molar refractivity (Wildman–Crippen MR) is 78.8 cm³/mol. The van der Waals surface area contributed by atoms with Gasteiger partial charge >= 0.3 is 0 Å². The monoisotopic (exact) mass is 316 g/mol. The molecule has 1 amide bonds. The van der Waals surface area contributed by atoms with Gasteiger partial charge in [-0.15, -0.1) is 0 Å². The fourth-order valence-electron chi connectivity index (χ4n) is 1.95. The van der Waals surface area contributed by atoms with Gasteiger partial charge in [0, 0.05) is 19.6 Å². The summed E-state index contributed by atoms with van der Waals surface area (Å²) in [7, 11) is -3.79. The van der Waals surface area contributed by atoms with Crippen molar-refractivity contribution < 1.29 is 17.6 Å². The van der Waals surface area contributed by atoms with E-state index in [0.29, 0.717) is 13.1 Å². The molecule has 1 aromatic carbocycles. The molecule has 7 heteroatoms. The van der Waals surface area contributed by atoms with E-state index in [1.807, 2.05) is 13.8 Å². The smallest absolute Gasteiger partial charge is 0.243 e. The van der Waals surface area contributed by atoms with Crippen LogP contribution in [0, 0.1) is 5.82 Å². The van der Waals surface area contributed by atoms with Crippen molar-refractivity contribution in [1.29, 1.82) is 0 Å². The molecule has 0 fully saturated rings. The summed E-state index contributed by atoms with van der Waals surface area (Å²) in [5.74, 6) is -0.747. The highest BCUT2D eigenvalue weighted by atomic mass is 32.2. The van der Waals surface area contributed by atoms with Gasteiger partial charge in [-0.05, 0) is 38.1 Å². The summed E-state index contributed by atoms with van der Waals surface area (Å²) in [6.45, 7) is 6.37. The Morgan fingerprint density at radius 2 is 1.57 bits per heavy atom. The van der Waals surface area contributed by atoms with Gasteiger partial charge in [0.25, 0.3) is 0 Å². The summed E-state index contributed by atoms with van der Waals surface area (Å²) in [6, 6.07) is 4.59. The van der Waals surface area contributed by atoms with Gasteiger partial charge in [-0.1, -0.05) is 6.92 Å². The van der Waals surface area contributed by atoms with Crippen molar-refractivity contribution >= 4 is 15.9 Å². The zero-order valence-electron chi connectivity index (χ0n) is 12.5. The number of hydrogen-bond acceptors (Lipinski definition) is 3. The third kappa shape index (κ3) is 4.25. The Labute approximate surface area is 125 Å². The van der Waals surface area contributed by atoms with E-state index in [4.69, 9.17) is 0 Å². The average Bonchev–Trinajstić information content (AvgIpc) is 2.46. The van der Waals surface area contributed by atoms with Crippen molar-refractivity contribution in [2.75, 3.05) is 26.2 Å². The van der Waals surface area contributed by atoms with Crippen LogP contribution >= 0.6 is 0 Å². The van der Waals surface area contributed by atoms with Gasteiger partial charge in [0.15, 0.2) is 0 Å². The lowest BCUT2D eigenvalue weighted by atomic mass is 10.4. The Hall–Kier alpha value is -1.47. The molecule has 21 heavy (non-hydrogen) atoms. The van der Waals surface area contributed by atoms with Crippen molar-refractivity contribution in [2.45, 2.75) is 25.7 Å². The van der Waals surface area contributed by atoms with Crippen LogP contribution in [0.3, 0.4) is 0 Å². The number of carbonyl (C=O) groups is 1. The molecule has 0 atom stereocenters. The Bertz CT molecular complexity index is 568. The van der Waals surface area contributed by atoms with Gasteiger partial charge in [0.2, 0.25) is 15.9 Å². The summed E-state index contributed by atoms with van der Waals surface area (Å²) < 4.78 is 38.9. The molecule has 0 bridgehead atoms. The van der Waals surface area contributed by atoms with E-state index in [1.54, 1.807) is 11.8 Å². The molecule has 1 rings (SSSR count). The molecule has 0 aromatic heterocycles. The first-order chi connectivity index (χ1) is 9.86. The van der Waals surface area contributed by atoms with Crippen LogP contribution < -0.4 is 0 Å². The second-order valence-corrected chi connectivity index (χ2v) is 6.39. The van der Waals surface area contributed by atoms with E-state index in [0.717, 1.165) is 16.4 Å². The Balaban J connectivity index is 2.98. The first kappa shape index (κ1) is 17.6. The van der Waals surface area contributed by atoms with Gasteiger partial charge in [-0.3, -0.25) is 4.79 Å². The topological polar surface area (TPSA) is 57.7 Å². The van der Waals surface area contributed by atoms with E-state index >= 15 is 0 Å². The molecule has 0 saturated carbocycles. The van der Waals surface area contributed by atoms with Crippen LogP contribution in [0.5, 0.6) is 0 Å². The minimum atomic E-state index is -3.79. The maximum atomic E-state index is 12.9. The van der Waals surface area contributed by atoms with Crippen molar-refractivity contribution in [2.24, 2.45) is 0 Å². The number of halogens is 1. The molecule has 118 valence electrons. The largest absolute Gasteiger partial charge is 0.342 e. The molecular weight excluding hydrogens is 295 g/mol. The lowest BCUT2D eigenvalue weighted by Gasteiger charge is -2.24. The van der Waals surface area contributed by atoms with Crippen LogP contribution in [0.2, 0.25) is 0 Å². The number of benzene rings is 1. The standard InChI is InChI=1S/C14H21FN2O3S/c1-4-16(5-2)14(18)11-17(6-3)21(19,20)13-9-7-12(15)8-10-13/h7-10H,4-6,11H2,1-3H3. The number of nitrogens with zero attached hydrogens (tertiary/aromatic N) is 2. The van der Waals surface area contributed by atoms with E-state index in [2.05, 4.69) is 0 Å². The Morgan fingerprint density at radius 3 is 2.00 bits per heavy atom. The molecule has 0 radical (unpaired) electrons. The zero-order chi connectivity index (χ0) is 16.0. The number of likely N-dealkylation sites (N-methyl/N-ethyl adjacent to an activating group) is 2. The molecule has 0 spiro atoms. The third-order valence-corrected chi connectivity index (χ3v) is 5.17. The summed E-state index contributed by atoms with van der Waals surface area (Å²) in [6.07, 6.45) is 0. The van der Waals surface area contributed by atoms with Crippen molar-refractivity contribution in [3.8, 4) is 0 Å². The maximum Gasteiger partial charge on any atom is 0.243 e. The fourth-order valence-corrected chi connectivity index (χ4v) is 3.35. The molecule has 0 aliphatic carbocycles. The first-order valence-electron chi connectivity index (χ1n) is 6.90. The molecule has 0 unspecified atom stereocenters. The lowest BCUT2D eigenvalue weighted by molar-refractivity contribution is -0.131. The second kappa shape index (κ2) is 7.51. The van der Waals surface area contributed by atoms with Crippen LogP contribution in [0.25, 0.3) is 0 Å². The predicted octanol–water partition coefficient (Wildman–Crippen LogP) is 1.70. The van der Waals surface area contributed by atoms with Crippen LogP contribution in [-0.2, 0) is 14.8 Å². The summed E-state index contributed by atoms with van der Waals surface area (Å²) >= 11 is 0. The van der Waals surface area contributed by atoms with Crippen molar-refractivity contribution in [3.63, 3.8) is 0 Å². The van der Waals surface area contributed by atoms with Crippen LogP contribution in [0.4, 0.5) is 4.39 Å². The number of carbonyl (C=O) groups excluding carboxylic acids is 1. The number of amides is 1. The van der Waals surface area contributed by atoms with E-state index in [-0.39, 0.29) is 23.9 Å². The van der Waals surface area contributed by atoms with E-state index < -0.39 is 15.8 Å². The molecule has 0 N–H and O–H groups in total. The van der Waals surface area contributed by atoms with Crippen molar-refractivity contribution in [1.82, 2.24) is 9.21 Å². The highest BCUT2D eigenvalue weighted by Crippen LogP contribution is 2.16. The van der Waals surface area contributed by atoms with E-state index in [1.165, 1.54) is 12.1 Å². The highest BCUT2D eigenvalue weighted by molar-refractivity contribution is 7.89. The summed E-state index contributed by atoms with van der Waals surface area (Å²) in [4.78, 5) is 13.6. The van der Waals surface area contributed by atoms with Gasteiger partial charge in [0.05, 0.1) is 11.4 Å².